The van der Waals surface area contributed by atoms with E-state index in [1.165, 1.54) is 6.92 Å². The first-order chi connectivity index (χ1) is 13.0. The van der Waals surface area contributed by atoms with E-state index in [1.807, 2.05) is 0 Å². The summed E-state index contributed by atoms with van der Waals surface area (Å²) in [6, 6.07) is 7.36. The first kappa shape index (κ1) is 19.4. The lowest BCUT2D eigenvalue weighted by molar-refractivity contribution is -0.119. The number of hydrogen-bond donors (Lipinski definition) is 3. The van der Waals surface area contributed by atoms with Gasteiger partial charge in [0.1, 0.15) is 0 Å². The number of carbonyl (C=O) groups is 3. The van der Waals surface area contributed by atoms with Gasteiger partial charge in [-0.1, -0.05) is 6.07 Å². The topological polar surface area (TPSA) is 90.5 Å². The molecule has 3 N–H and O–H groups in total. The maximum Gasteiger partial charge on any atom is 0.251 e. The van der Waals surface area contributed by atoms with E-state index in [-0.39, 0.29) is 17.7 Å². The highest BCUT2D eigenvalue weighted by atomic mass is 16.2. The third kappa shape index (κ3) is 6.36. The second kappa shape index (κ2) is 8.99. The van der Waals surface area contributed by atoms with Crippen LogP contribution in [0.3, 0.4) is 0 Å². The van der Waals surface area contributed by atoms with Gasteiger partial charge in [0, 0.05) is 30.8 Å². The minimum atomic E-state index is -0.0881. The van der Waals surface area contributed by atoms with Crippen molar-refractivity contribution in [2.75, 3.05) is 31.5 Å². The molecule has 0 atom stereocenters. The van der Waals surface area contributed by atoms with Crippen molar-refractivity contribution in [3.05, 3.63) is 29.8 Å². The Morgan fingerprint density at radius 3 is 2.52 bits per heavy atom. The van der Waals surface area contributed by atoms with Crippen molar-refractivity contribution in [1.29, 1.82) is 0 Å². The SMILES string of the molecule is CC(=O)NCC1CCN(CC(=O)Nc2cccc(C(=O)NC3CC3)c2)CC1. The molecule has 0 radical (unpaired) electrons. The van der Waals surface area contributed by atoms with Crippen molar-refractivity contribution in [2.45, 2.75) is 38.6 Å². The van der Waals surface area contributed by atoms with Crippen molar-refractivity contribution in [3.8, 4) is 0 Å². The van der Waals surface area contributed by atoms with E-state index in [4.69, 9.17) is 0 Å². The predicted octanol–water partition coefficient (Wildman–Crippen LogP) is 1.37. The summed E-state index contributed by atoms with van der Waals surface area (Å²) < 4.78 is 0. The number of hydrogen-bond acceptors (Lipinski definition) is 4. The van der Waals surface area contributed by atoms with Crippen LogP contribution in [0.4, 0.5) is 5.69 Å². The van der Waals surface area contributed by atoms with E-state index in [9.17, 15) is 14.4 Å². The lowest BCUT2D eigenvalue weighted by atomic mass is 9.97. The Labute approximate surface area is 159 Å². The van der Waals surface area contributed by atoms with Gasteiger partial charge >= 0.3 is 0 Å². The number of anilines is 1. The molecule has 1 aromatic carbocycles. The highest BCUT2D eigenvalue weighted by molar-refractivity contribution is 5.97. The fraction of sp³-hybridized carbons (Fsp3) is 0.550. The fourth-order valence-electron chi connectivity index (χ4n) is 3.27. The number of piperidine rings is 1. The van der Waals surface area contributed by atoms with Gasteiger partial charge in [-0.25, -0.2) is 0 Å². The van der Waals surface area contributed by atoms with Crippen LogP contribution < -0.4 is 16.0 Å². The second-order valence-electron chi connectivity index (χ2n) is 7.53. The molecule has 27 heavy (non-hydrogen) atoms. The first-order valence-electron chi connectivity index (χ1n) is 9.67. The van der Waals surface area contributed by atoms with Crippen LogP contribution in [0.25, 0.3) is 0 Å². The Morgan fingerprint density at radius 1 is 1.11 bits per heavy atom. The van der Waals surface area contributed by atoms with Gasteiger partial charge in [0.15, 0.2) is 0 Å². The molecule has 2 aliphatic rings. The number of amides is 3. The molecule has 146 valence electrons. The Morgan fingerprint density at radius 2 is 1.85 bits per heavy atom. The molecule has 3 amide bonds. The number of nitrogens with one attached hydrogen (secondary N) is 3. The molecule has 1 saturated heterocycles. The molecule has 0 bridgehead atoms. The average Bonchev–Trinajstić information content (AvgIpc) is 3.45. The molecule has 1 heterocycles. The Kier molecular flexibility index (Phi) is 6.45. The minimum Gasteiger partial charge on any atom is -0.356 e. The van der Waals surface area contributed by atoms with Crippen LogP contribution in [0.15, 0.2) is 24.3 Å². The zero-order valence-electron chi connectivity index (χ0n) is 15.8. The molecule has 0 unspecified atom stereocenters. The van der Waals surface area contributed by atoms with Crippen molar-refractivity contribution in [2.24, 2.45) is 5.92 Å². The smallest absolute Gasteiger partial charge is 0.251 e. The molecule has 7 heteroatoms. The molecule has 0 aromatic heterocycles. The standard InChI is InChI=1S/C20H28N4O3/c1-14(25)21-12-15-7-9-24(10-8-15)13-19(26)22-18-4-2-3-16(11-18)20(27)23-17-5-6-17/h2-4,11,15,17H,5-10,12-13H2,1H3,(H,21,25)(H,22,26)(H,23,27). The summed E-state index contributed by atoms with van der Waals surface area (Å²) >= 11 is 0. The number of benzene rings is 1. The van der Waals surface area contributed by atoms with Crippen LogP contribution in [0.2, 0.25) is 0 Å². The van der Waals surface area contributed by atoms with Gasteiger partial charge in [-0.05, 0) is 62.9 Å². The molecule has 7 nitrogen and oxygen atoms in total. The monoisotopic (exact) mass is 372 g/mol. The van der Waals surface area contributed by atoms with Crippen LogP contribution >= 0.6 is 0 Å². The molecular formula is C20H28N4O3. The van der Waals surface area contributed by atoms with Crippen LogP contribution in [0.5, 0.6) is 0 Å². The lowest BCUT2D eigenvalue weighted by Crippen LogP contribution is -2.41. The summed E-state index contributed by atoms with van der Waals surface area (Å²) in [7, 11) is 0. The molecule has 0 spiro atoms. The van der Waals surface area contributed by atoms with Gasteiger partial charge in [-0.15, -0.1) is 0 Å². The van der Waals surface area contributed by atoms with Crippen LogP contribution in [0, 0.1) is 5.92 Å². The van der Waals surface area contributed by atoms with Gasteiger partial charge in [-0.3, -0.25) is 19.3 Å². The molecular weight excluding hydrogens is 344 g/mol. The molecule has 3 rings (SSSR count). The van der Waals surface area contributed by atoms with Crippen LogP contribution in [0.1, 0.15) is 43.0 Å². The molecule has 2 fully saturated rings. The van der Waals surface area contributed by atoms with Crippen LogP contribution in [-0.2, 0) is 9.59 Å². The van der Waals surface area contributed by atoms with Crippen LogP contribution in [-0.4, -0.2) is 54.8 Å². The summed E-state index contributed by atoms with van der Waals surface area (Å²) in [6.45, 7) is 4.28. The predicted molar refractivity (Wildman–Crippen MR) is 103 cm³/mol. The number of rotatable bonds is 7. The molecule has 1 saturated carbocycles. The zero-order valence-corrected chi connectivity index (χ0v) is 15.8. The van der Waals surface area contributed by atoms with Crippen molar-refractivity contribution in [1.82, 2.24) is 15.5 Å². The van der Waals surface area contributed by atoms with Crippen molar-refractivity contribution >= 4 is 23.4 Å². The lowest BCUT2D eigenvalue weighted by Gasteiger charge is -2.31. The van der Waals surface area contributed by atoms with E-state index in [0.29, 0.717) is 36.3 Å². The van der Waals surface area contributed by atoms with Gasteiger partial charge in [0.05, 0.1) is 6.54 Å². The van der Waals surface area contributed by atoms with Gasteiger partial charge < -0.3 is 16.0 Å². The summed E-state index contributed by atoms with van der Waals surface area (Å²) in [5, 5.41) is 8.70. The first-order valence-corrected chi connectivity index (χ1v) is 9.67. The quantitative estimate of drug-likeness (QED) is 0.674. The number of likely N-dealkylation sites (tertiary alicyclic amines) is 1. The van der Waals surface area contributed by atoms with E-state index >= 15 is 0 Å². The van der Waals surface area contributed by atoms with Gasteiger partial charge in [0.2, 0.25) is 11.8 Å². The number of carbonyl (C=O) groups excluding carboxylic acids is 3. The summed E-state index contributed by atoms with van der Waals surface area (Å²) in [5.41, 5.74) is 1.21. The Hall–Kier alpha value is -2.41. The third-order valence-electron chi connectivity index (χ3n) is 5.04. The third-order valence-corrected chi connectivity index (χ3v) is 5.04. The average molecular weight is 372 g/mol. The van der Waals surface area contributed by atoms with E-state index in [0.717, 1.165) is 38.8 Å². The van der Waals surface area contributed by atoms with E-state index in [2.05, 4.69) is 20.9 Å². The second-order valence-corrected chi connectivity index (χ2v) is 7.53. The summed E-state index contributed by atoms with van der Waals surface area (Å²) in [5.74, 6) is 0.324. The molecule has 1 aliphatic heterocycles. The zero-order chi connectivity index (χ0) is 19.2. The highest BCUT2D eigenvalue weighted by Gasteiger charge is 2.24. The maximum atomic E-state index is 12.3. The minimum absolute atomic E-state index is 0.00449. The van der Waals surface area contributed by atoms with Gasteiger partial charge in [0.25, 0.3) is 5.91 Å². The Balaban J connectivity index is 1.43. The molecule has 1 aliphatic carbocycles. The molecule has 1 aromatic rings. The van der Waals surface area contributed by atoms with Gasteiger partial charge in [-0.2, -0.15) is 0 Å². The van der Waals surface area contributed by atoms with Crippen molar-refractivity contribution < 1.29 is 14.4 Å². The fourth-order valence-corrected chi connectivity index (χ4v) is 3.27. The highest BCUT2D eigenvalue weighted by Crippen LogP contribution is 2.20. The van der Waals surface area contributed by atoms with Crippen molar-refractivity contribution in [3.63, 3.8) is 0 Å². The van der Waals surface area contributed by atoms with E-state index in [1.54, 1.807) is 24.3 Å². The largest absolute Gasteiger partial charge is 0.356 e. The Bertz CT molecular complexity index is 694. The summed E-state index contributed by atoms with van der Waals surface area (Å²) in [6.07, 6.45) is 4.04. The summed E-state index contributed by atoms with van der Waals surface area (Å²) in [4.78, 5) is 37.6. The van der Waals surface area contributed by atoms with E-state index < -0.39 is 0 Å². The maximum absolute atomic E-state index is 12.3. The normalized spacial score (nSPS) is 18.0. The number of nitrogens with zero attached hydrogens (tertiary/aromatic N) is 1.